The van der Waals surface area contributed by atoms with Crippen LogP contribution in [0.3, 0.4) is 0 Å². The number of amides is 2. The van der Waals surface area contributed by atoms with E-state index in [1.807, 2.05) is 24.3 Å². The Hall–Kier alpha value is -3.06. The maximum atomic E-state index is 12.8. The average Bonchev–Trinajstić information content (AvgIpc) is 3.71. The second-order valence-corrected chi connectivity index (χ2v) is 9.22. The molecule has 1 heterocycles. The highest BCUT2D eigenvalue weighted by Gasteiger charge is 2.34. The quantitative estimate of drug-likeness (QED) is 0.530. The van der Waals surface area contributed by atoms with Gasteiger partial charge >= 0.3 is 5.97 Å². The molecule has 1 aliphatic carbocycles. The van der Waals surface area contributed by atoms with Crippen molar-refractivity contribution < 1.29 is 23.9 Å². The molecule has 2 amide bonds. The number of nitrogens with zero attached hydrogens (tertiary/aromatic N) is 2. The van der Waals surface area contributed by atoms with Gasteiger partial charge in [0.1, 0.15) is 5.75 Å². The van der Waals surface area contributed by atoms with E-state index in [1.165, 1.54) is 0 Å². The zero-order valence-corrected chi connectivity index (χ0v) is 20.0. The second kappa shape index (κ2) is 10.9. The van der Waals surface area contributed by atoms with Crippen molar-refractivity contribution in [3.8, 4) is 5.75 Å². The van der Waals surface area contributed by atoms with Crippen LogP contribution in [0.2, 0.25) is 5.02 Å². The van der Waals surface area contributed by atoms with Gasteiger partial charge in [0, 0.05) is 36.3 Å². The highest BCUT2D eigenvalue weighted by atomic mass is 35.5. The number of halogens is 1. The van der Waals surface area contributed by atoms with Crippen LogP contribution in [0.25, 0.3) is 0 Å². The summed E-state index contributed by atoms with van der Waals surface area (Å²) < 4.78 is 10.6. The number of ether oxygens (including phenoxy) is 2. The van der Waals surface area contributed by atoms with Gasteiger partial charge in [-0.05, 0) is 67.6 Å². The third kappa shape index (κ3) is 6.08. The van der Waals surface area contributed by atoms with Crippen molar-refractivity contribution in [3.63, 3.8) is 0 Å². The zero-order valence-electron chi connectivity index (χ0n) is 19.2. The Morgan fingerprint density at radius 3 is 2.21 bits per heavy atom. The summed E-state index contributed by atoms with van der Waals surface area (Å²) in [6.07, 6.45) is 2.97. The summed E-state index contributed by atoms with van der Waals surface area (Å²) in [5.74, 6) is -0.160. The Labute approximate surface area is 204 Å². The molecule has 0 radical (unpaired) electrons. The molecule has 0 N–H and O–H groups in total. The Morgan fingerprint density at radius 1 is 0.971 bits per heavy atom. The van der Waals surface area contributed by atoms with Gasteiger partial charge in [-0.25, -0.2) is 0 Å². The van der Waals surface area contributed by atoms with Crippen LogP contribution in [-0.4, -0.2) is 60.4 Å². The van der Waals surface area contributed by atoms with Crippen LogP contribution in [-0.2, 0) is 20.9 Å². The zero-order chi connectivity index (χ0) is 24.1. The Bertz CT molecular complexity index is 1010. The van der Waals surface area contributed by atoms with E-state index in [1.54, 1.807) is 41.2 Å². The number of carbonyl (C=O) groups is 3. The summed E-state index contributed by atoms with van der Waals surface area (Å²) in [6.45, 7) is 1.17. The Morgan fingerprint density at radius 2 is 1.62 bits per heavy atom. The predicted molar refractivity (Wildman–Crippen MR) is 128 cm³/mol. The maximum absolute atomic E-state index is 12.8. The van der Waals surface area contributed by atoms with Crippen molar-refractivity contribution in [2.75, 3.05) is 26.8 Å². The number of benzene rings is 2. The van der Waals surface area contributed by atoms with Crippen molar-refractivity contribution in [1.29, 1.82) is 0 Å². The lowest BCUT2D eigenvalue weighted by atomic mass is 9.96. The fourth-order valence-electron chi connectivity index (χ4n) is 4.16. The first kappa shape index (κ1) is 24.1. The monoisotopic (exact) mass is 484 g/mol. The number of hydrogen-bond acceptors (Lipinski definition) is 5. The van der Waals surface area contributed by atoms with E-state index in [-0.39, 0.29) is 36.4 Å². The molecule has 0 atom stereocenters. The Balaban J connectivity index is 1.24. The topological polar surface area (TPSA) is 76.2 Å². The van der Waals surface area contributed by atoms with Crippen LogP contribution in [0.15, 0.2) is 48.5 Å². The number of methoxy groups -OCH3 is 1. The molecule has 4 rings (SSSR count). The lowest BCUT2D eigenvalue weighted by Crippen LogP contribution is -2.41. The van der Waals surface area contributed by atoms with Gasteiger partial charge in [-0.1, -0.05) is 23.7 Å². The molecule has 0 spiro atoms. The van der Waals surface area contributed by atoms with Gasteiger partial charge in [0.05, 0.1) is 13.0 Å². The highest BCUT2D eigenvalue weighted by molar-refractivity contribution is 6.30. The summed E-state index contributed by atoms with van der Waals surface area (Å²) in [5, 5.41) is 0.580. The fraction of sp³-hybridized carbons (Fsp3) is 0.423. The van der Waals surface area contributed by atoms with Crippen LogP contribution in [0.4, 0.5) is 0 Å². The summed E-state index contributed by atoms with van der Waals surface area (Å²) in [7, 11) is 1.62. The third-order valence-corrected chi connectivity index (χ3v) is 6.62. The summed E-state index contributed by atoms with van der Waals surface area (Å²) in [6, 6.07) is 14.6. The van der Waals surface area contributed by atoms with Crippen molar-refractivity contribution in [1.82, 2.24) is 9.80 Å². The SMILES string of the molecule is COc1ccc(CN(C(=O)COC(=O)C2CCN(C(=O)c3ccc(Cl)cc3)CC2)C2CC2)cc1. The molecule has 2 aromatic carbocycles. The molecule has 0 unspecified atom stereocenters. The molecular weight excluding hydrogens is 456 g/mol. The molecule has 2 fully saturated rings. The van der Waals surface area contributed by atoms with Crippen molar-refractivity contribution in [3.05, 3.63) is 64.7 Å². The minimum Gasteiger partial charge on any atom is -0.497 e. The molecule has 7 nitrogen and oxygen atoms in total. The van der Waals surface area contributed by atoms with E-state index >= 15 is 0 Å². The Kier molecular flexibility index (Phi) is 7.73. The van der Waals surface area contributed by atoms with Gasteiger partial charge in [-0.2, -0.15) is 0 Å². The number of hydrogen-bond donors (Lipinski definition) is 0. The fourth-order valence-corrected chi connectivity index (χ4v) is 4.29. The molecular formula is C26H29ClN2O5. The molecule has 0 aromatic heterocycles. The molecule has 0 bridgehead atoms. The number of esters is 1. The summed E-state index contributed by atoms with van der Waals surface area (Å²) in [5.41, 5.74) is 1.58. The van der Waals surface area contributed by atoms with Crippen molar-refractivity contribution in [2.45, 2.75) is 38.3 Å². The van der Waals surface area contributed by atoms with Gasteiger partial charge < -0.3 is 19.3 Å². The van der Waals surface area contributed by atoms with Crippen molar-refractivity contribution >= 4 is 29.4 Å². The minimum absolute atomic E-state index is 0.0720. The van der Waals surface area contributed by atoms with Gasteiger partial charge in [0.15, 0.2) is 6.61 Å². The van der Waals surface area contributed by atoms with Crippen LogP contribution in [0.5, 0.6) is 5.75 Å². The van der Waals surface area contributed by atoms with Crippen LogP contribution in [0.1, 0.15) is 41.6 Å². The first-order valence-corrected chi connectivity index (χ1v) is 12.0. The standard InChI is InChI=1S/C26H29ClN2O5/c1-33-23-10-2-18(3-11-23)16-29(22-8-9-22)24(30)17-34-26(32)20-12-14-28(15-13-20)25(31)19-4-6-21(27)7-5-19/h2-7,10-11,20,22H,8-9,12-17H2,1H3. The number of rotatable bonds is 8. The van der Waals surface area contributed by atoms with Crippen LogP contribution < -0.4 is 4.74 Å². The molecule has 2 aliphatic rings. The van der Waals surface area contributed by atoms with Crippen LogP contribution in [0, 0.1) is 5.92 Å². The van der Waals surface area contributed by atoms with E-state index in [0.29, 0.717) is 43.1 Å². The molecule has 8 heteroatoms. The molecule has 1 saturated heterocycles. The van der Waals surface area contributed by atoms with Gasteiger partial charge in [0.2, 0.25) is 0 Å². The third-order valence-electron chi connectivity index (χ3n) is 6.36. The minimum atomic E-state index is -0.368. The molecule has 34 heavy (non-hydrogen) atoms. The number of carbonyl (C=O) groups excluding carboxylic acids is 3. The molecule has 1 aliphatic heterocycles. The first-order valence-electron chi connectivity index (χ1n) is 11.6. The lowest BCUT2D eigenvalue weighted by molar-refractivity contribution is -0.157. The highest BCUT2D eigenvalue weighted by Crippen LogP contribution is 2.29. The largest absolute Gasteiger partial charge is 0.497 e. The van der Waals surface area contributed by atoms with E-state index < -0.39 is 0 Å². The molecule has 180 valence electrons. The summed E-state index contributed by atoms with van der Waals surface area (Å²) >= 11 is 5.89. The van der Waals surface area contributed by atoms with E-state index in [0.717, 1.165) is 24.2 Å². The first-order chi connectivity index (χ1) is 16.4. The van der Waals surface area contributed by atoms with Gasteiger partial charge in [0.25, 0.3) is 11.8 Å². The average molecular weight is 485 g/mol. The lowest BCUT2D eigenvalue weighted by Gasteiger charge is -2.31. The number of likely N-dealkylation sites (tertiary alicyclic amines) is 1. The number of piperidine rings is 1. The maximum Gasteiger partial charge on any atom is 0.309 e. The normalized spacial score (nSPS) is 16.1. The van der Waals surface area contributed by atoms with E-state index in [9.17, 15) is 14.4 Å². The molecule has 1 saturated carbocycles. The van der Waals surface area contributed by atoms with Crippen molar-refractivity contribution in [2.24, 2.45) is 5.92 Å². The molecule has 2 aromatic rings. The second-order valence-electron chi connectivity index (χ2n) is 8.78. The van der Waals surface area contributed by atoms with E-state index in [2.05, 4.69) is 0 Å². The van der Waals surface area contributed by atoms with E-state index in [4.69, 9.17) is 21.1 Å². The summed E-state index contributed by atoms with van der Waals surface area (Å²) in [4.78, 5) is 41.6. The predicted octanol–water partition coefficient (Wildman–Crippen LogP) is 3.94. The van der Waals surface area contributed by atoms with Crippen LogP contribution >= 0.6 is 11.6 Å². The smallest absolute Gasteiger partial charge is 0.309 e. The van der Waals surface area contributed by atoms with Gasteiger partial charge in [-0.15, -0.1) is 0 Å². The van der Waals surface area contributed by atoms with Gasteiger partial charge in [-0.3, -0.25) is 14.4 Å².